The van der Waals surface area contributed by atoms with Gasteiger partial charge in [0.1, 0.15) is 18.9 Å². The molecule has 3 rings (SSSR count). The minimum Gasteiger partial charge on any atom is -0.459 e. The highest BCUT2D eigenvalue weighted by Crippen LogP contribution is 2.35. The lowest BCUT2D eigenvalue weighted by atomic mass is 9.99. The molecule has 0 saturated heterocycles. The van der Waals surface area contributed by atoms with Gasteiger partial charge in [0.05, 0.1) is 0 Å². The molecule has 8 nitrogen and oxygen atoms in total. The summed E-state index contributed by atoms with van der Waals surface area (Å²) >= 11 is 0. The van der Waals surface area contributed by atoms with E-state index in [2.05, 4.69) is 5.32 Å². The molecule has 2 amide bonds. The van der Waals surface area contributed by atoms with Gasteiger partial charge in [-0.05, 0) is 27.8 Å². The molecule has 0 saturated carbocycles. The van der Waals surface area contributed by atoms with Crippen LogP contribution in [0, 0.1) is 5.92 Å². The molecule has 0 bridgehead atoms. The standard InChI is InChI=1S/C26H31N2O6P/c1-19(2)16-28(18-35(31,32)33)26(30)27-24(25(29)34-17-20-9-4-3-5-10-20)15-22-13-8-12-21-11-6-7-14-23(21)22/h3-14,19,24H,15-18H2,1-2H3,(H,27,30)(H2,31,32,33)/t24-/m0/s1. The van der Waals surface area contributed by atoms with Crippen LogP contribution < -0.4 is 5.32 Å². The number of amides is 2. The van der Waals surface area contributed by atoms with Crippen molar-refractivity contribution in [3.63, 3.8) is 0 Å². The second kappa shape index (κ2) is 12.0. The van der Waals surface area contributed by atoms with E-state index in [0.717, 1.165) is 26.8 Å². The first-order chi connectivity index (χ1) is 16.6. The molecule has 0 aliphatic rings. The Hall–Kier alpha value is -3.19. The van der Waals surface area contributed by atoms with E-state index in [-0.39, 0.29) is 25.5 Å². The van der Waals surface area contributed by atoms with Crippen LogP contribution in [0.2, 0.25) is 0 Å². The van der Waals surface area contributed by atoms with Gasteiger partial charge in [0.25, 0.3) is 0 Å². The summed E-state index contributed by atoms with van der Waals surface area (Å²) in [5.74, 6) is -0.662. The van der Waals surface area contributed by atoms with Gasteiger partial charge in [0.2, 0.25) is 0 Å². The summed E-state index contributed by atoms with van der Waals surface area (Å²) in [6.45, 7) is 3.83. The highest BCUT2D eigenvalue weighted by Gasteiger charge is 2.29. The molecule has 0 unspecified atom stereocenters. The Bertz CT molecular complexity index is 1190. The zero-order valence-corrected chi connectivity index (χ0v) is 20.7. The maximum atomic E-state index is 13.1. The number of rotatable bonds is 10. The lowest BCUT2D eigenvalue weighted by molar-refractivity contribution is -0.147. The molecule has 9 heteroatoms. The Labute approximate surface area is 205 Å². The average Bonchev–Trinajstić information content (AvgIpc) is 2.81. The molecular weight excluding hydrogens is 467 g/mol. The number of carbonyl (C=O) groups is 2. The number of hydrogen-bond donors (Lipinski definition) is 3. The van der Waals surface area contributed by atoms with Crippen molar-refractivity contribution >= 4 is 30.4 Å². The quantitative estimate of drug-likeness (QED) is 0.284. The zero-order chi connectivity index (χ0) is 25.4. The zero-order valence-electron chi connectivity index (χ0n) is 19.8. The van der Waals surface area contributed by atoms with Gasteiger partial charge >= 0.3 is 19.6 Å². The Balaban J connectivity index is 1.85. The van der Waals surface area contributed by atoms with Gasteiger partial charge in [-0.3, -0.25) is 4.57 Å². The molecule has 3 aromatic rings. The van der Waals surface area contributed by atoms with Crippen molar-refractivity contribution in [2.75, 3.05) is 12.8 Å². The van der Waals surface area contributed by atoms with Crippen LogP contribution in [0.5, 0.6) is 0 Å². The predicted octanol–water partition coefficient (Wildman–Crippen LogP) is 4.30. The minimum absolute atomic E-state index is 0.0335. The number of benzene rings is 3. The second-order valence-corrected chi connectivity index (χ2v) is 10.5. The van der Waals surface area contributed by atoms with Crippen molar-refractivity contribution in [3.8, 4) is 0 Å². The van der Waals surface area contributed by atoms with Gasteiger partial charge in [0.15, 0.2) is 0 Å². The normalized spacial score (nSPS) is 12.4. The molecule has 35 heavy (non-hydrogen) atoms. The Morgan fingerprint density at radius 3 is 2.31 bits per heavy atom. The number of fused-ring (bicyclic) bond motifs is 1. The minimum atomic E-state index is -4.50. The van der Waals surface area contributed by atoms with Crippen molar-refractivity contribution in [1.82, 2.24) is 10.2 Å². The molecular formula is C26H31N2O6P. The third-order valence-corrected chi connectivity index (χ3v) is 6.05. The van der Waals surface area contributed by atoms with Crippen molar-refractivity contribution in [2.45, 2.75) is 32.9 Å². The lowest BCUT2D eigenvalue weighted by Crippen LogP contribution is -2.50. The summed E-state index contributed by atoms with van der Waals surface area (Å²) in [7, 11) is -4.50. The molecule has 0 radical (unpaired) electrons. The second-order valence-electron chi connectivity index (χ2n) is 8.86. The maximum Gasteiger partial charge on any atom is 0.344 e. The van der Waals surface area contributed by atoms with E-state index in [1.807, 2.05) is 86.6 Å². The van der Waals surface area contributed by atoms with Crippen LogP contribution in [0.3, 0.4) is 0 Å². The first-order valence-electron chi connectivity index (χ1n) is 11.4. The van der Waals surface area contributed by atoms with Crippen LogP contribution in [0.4, 0.5) is 4.79 Å². The molecule has 0 aliphatic heterocycles. The molecule has 0 aliphatic carbocycles. The fraction of sp³-hybridized carbons (Fsp3) is 0.308. The number of esters is 1. The largest absolute Gasteiger partial charge is 0.459 e. The fourth-order valence-electron chi connectivity index (χ4n) is 3.82. The van der Waals surface area contributed by atoms with E-state index in [1.165, 1.54) is 0 Å². The first kappa shape index (κ1) is 26.4. The molecule has 0 fully saturated rings. The summed E-state index contributed by atoms with van der Waals surface area (Å²) in [6.07, 6.45) is -0.580. The van der Waals surface area contributed by atoms with E-state index >= 15 is 0 Å². The van der Waals surface area contributed by atoms with E-state index in [1.54, 1.807) is 0 Å². The number of ether oxygens (including phenoxy) is 1. The summed E-state index contributed by atoms with van der Waals surface area (Å²) < 4.78 is 17.1. The third kappa shape index (κ3) is 8.21. The number of urea groups is 1. The van der Waals surface area contributed by atoms with Crippen LogP contribution >= 0.6 is 7.60 Å². The van der Waals surface area contributed by atoms with Crippen LogP contribution in [0.25, 0.3) is 10.8 Å². The van der Waals surface area contributed by atoms with Crippen molar-refractivity contribution in [2.24, 2.45) is 5.92 Å². The van der Waals surface area contributed by atoms with E-state index in [4.69, 9.17) is 4.74 Å². The van der Waals surface area contributed by atoms with Gasteiger partial charge < -0.3 is 24.7 Å². The van der Waals surface area contributed by atoms with E-state index < -0.39 is 31.9 Å². The average molecular weight is 499 g/mol. The third-order valence-electron chi connectivity index (χ3n) is 5.34. The topological polar surface area (TPSA) is 116 Å². The highest BCUT2D eigenvalue weighted by molar-refractivity contribution is 7.51. The molecule has 0 aromatic heterocycles. The van der Waals surface area contributed by atoms with Crippen LogP contribution in [-0.4, -0.2) is 45.6 Å². The summed E-state index contributed by atoms with van der Waals surface area (Å²) in [5, 5.41) is 4.60. The Morgan fingerprint density at radius 1 is 0.971 bits per heavy atom. The van der Waals surface area contributed by atoms with Gasteiger partial charge in [-0.2, -0.15) is 0 Å². The smallest absolute Gasteiger partial charge is 0.344 e. The van der Waals surface area contributed by atoms with Gasteiger partial charge in [-0.1, -0.05) is 86.6 Å². The van der Waals surface area contributed by atoms with Gasteiger partial charge in [-0.15, -0.1) is 0 Å². The van der Waals surface area contributed by atoms with E-state index in [0.29, 0.717) is 0 Å². The summed E-state index contributed by atoms with van der Waals surface area (Å²) in [5.41, 5.74) is 1.65. The highest BCUT2D eigenvalue weighted by atomic mass is 31.2. The molecule has 0 spiro atoms. The molecule has 0 heterocycles. The SMILES string of the molecule is CC(C)CN(CP(=O)(O)O)C(=O)N[C@@H](Cc1cccc2ccccc12)C(=O)OCc1ccccc1. The van der Waals surface area contributed by atoms with Crippen LogP contribution in [0.1, 0.15) is 25.0 Å². The first-order valence-corrected chi connectivity index (χ1v) is 13.2. The monoisotopic (exact) mass is 498 g/mol. The van der Waals surface area contributed by atoms with Crippen molar-refractivity contribution < 1.29 is 28.7 Å². The summed E-state index contributed by atoms with van der Waals surface area (Å²) in [4.78, 5) is 46.1. The molecule has 186 valence electrons. The Kier molecular flexibility index (Phi) is 9.04. The van der Waals surface area contributed by atoms with Crippen LogP contribution in [-0.2, 0) is 27.1 Å². The van der Waals surface area contributed by atoms with Crippen LogP contribution in [0.15, 0.2) is 72.8 Å². The predicted molar refractivity (Wildman–Crippen MR) is 135 cm³/mol. The van der Waals surface area contributed by atoms with Gasteiger partial charge in [-0.25, -0.2) is 9.59 Å². The number of hydrogen-bond acceptors (Lipinski definition) is 4. The van der Waals surface area contributed by atoms with Crippen molar-refractivity contribution in [3.05, 3.63) is 83.9 Å². The lowest BCUT2D eigenvalue weighted by Gasteiger charge is -2.27. The number of carbonyl (C=O) groups excluding carboxylic acids is 2. The number of nitrogens with one attached hydrogen (secondary N) is 1. The molecule has 3 aromatic carbocycles. The van der Waals surface area contributed by atoms with Crippen molar-refractivity contribution in [1.29, 1.82) is 0 Å². The molecule has 1 atom stereocenters. The summed E-state index contributed by atoms with van der Waals surface area (Å²) in [6, 6.07) is 20.9. The van der Waals surface area contributed by atoms with Gasteiger partial charge in [0, 0.05) is 13.0 Å². The number of nitrogens with zero attached hydrogens (tertiary/aromatic N) is 1. The van der Waals surface area contributed by atoms with E-state index in [9.17, 15) is 23.9 Å². The fourth-order valence-corrected chi connectivity index (χ4v) is 4.51. The Morgan fingerprint density at radius 2 is 1.63 bits per heavy atom. The maximum absolute atomic E-state index is 13.1. The molecule has 3 N–H and O–H groups in total.